The molecule has 57 heavy (non-hydrogen) atoms. The Morgan fingerprint density at radius 2 is 1.18 bits per heavy atom. The number of carboxylic acid groups (broad SMARTS) is 2. The smallest absolute Gasteiger partial charge is 0.410 e. The van der Waals surface area contributed by atoms with Gasteiger partial charge in [-0.2, -0.15) is 0 Å². The molecule has 0 bridgehead atoms. The number of amides is 8. The van der Waals surface area contributed by atoms with E-state index in [1.165, 1.54) is 4.90 Å². The standard InChI is InChI=1S/C18H25N3O6.C13H21NO6.C5H8N2O2.ClH/c1-17(2,3)27-16(26)20-8-6-18(7-9-20)10-13(23)21(15(18)25)11-4-5-12(22)19-14(11)24;1-12(2,3)20-11(19)14-6-4-13(5-7-14,10(17)18)8-9(15)16;6-3-1-2-4(8)7-5(3)9;/h11H,4-10H2,1-3H3,(H,19,22,24);4-8H2,1-3H3,(H,15,16)(H,17,18);3H,1-2,6H2,(H,7,8,9);1H. The van der Waals surface area contributed by atoms with Crippen LogP contribution in [0.4, 0.5) is 9.59 Å². The van der Waals surface area contributed by atoms with Gasteiger partial charge in [-0.1, -0.05) is 0 Å². The normalized spacial score (nSPS) is 23.1. The number of nitrogens with zero attached hydrogens (tertiary/aromatic N) is 3. The Hall–Kier alpha value is -4.85. The lowest BCUT2D eigenvalue weighted by molar-refractivity contribution is -0.158. The Kier molecular flexibility index (Phi) is 16.2. The van der Waals surface area contributed by atoms with Crippen molar-refractivity contribution in [1.82, 2.24) is 25.3 Å². The molecule has 0 aliphatic carbocycles. The quantitative estimate of drug-likeness (QED) is 0.250. The van der Waals surface area contributed by atoms with E-state index in [9.17, 15) is 53.1 Å². The molecule has 5 aliphatic rings. The number of nitrogens with one attached hydrogen (secondary N) is 2. The number of piperidine rings is 4. The highest BCUT2D eigenvalue weighted by molar-refractivity contribution is 6.11. The van der Waals surface area contributed by atoms with Crippen LogP contribution in [0.2, 0.25) is 0 Å². The second-order valence-electron chi connectivity index (χ2n) is 16.6. The number of hydrogen-bond acceptors (Lipinski definition) is 13. The third kappa shape index (κ3) is 13.1. The Labute approximate surface area is 336 Å². The van der Waals surface area contributed by atoms with Crippen molar-refractivity contribution < 1.29 is 67.6 Å². The number of hydrogen-bond donors (Lipinski definition) is 5. The van der Waals surface area contributed by atoms with Gasteiger partial charge in [0.25, 0.3) is 0 Å². The lowest BCUT2D eigenvalue weighted by Crippen LogP contribution is -2.55. The summed E-state index contributed by atoms with van der Waals surface area (Å²) in [4.78, 5) is 120. The molecule has 0 aromatic carbocycles. The van der Waals surface area contributed by atoms with Crippen molar-refractivity contribution in [3.63, 3.8) is 0 Å². The van der Waals surface area contributed by atoms with E-state index in [0.717, 1.165) is 4.90 Å². The predicted octanol–water partition coefficient (Wildman–Crippen LogP) is 1.30. The van der Waals surface area contributed by atoms with E-state index in [0.29, 0.717) is 38.8 Å². The number of aliphatic carboxylic acids is 2. The monoisotopic (exact) mass is 830 g/mol. The van der Waals surface area contributed by atoms with Crippen LogP contribution in [0.3, 0.4) is 0 Å². The van der Waals surface area contributed by atoms with Crippen LogP contribution in [0.1, 0.15) is 106 Å². The highest BCUT2D eigenvalue weighted by Crippen LogP contribution is 2.44. The minimum atomic E-state index is -1.29. The van der Waals surface area contributed by atoms with Crippen LogP contribution in [-0.4, -0.2) is 134 Å². The molecular formula is C36H55ClN6O14. The summed E-state index contributed by atoms with van der Waals surface area (Å²) < 4.78 is 10.6. The molecule has 8 amide bonds. The second-order valence-corrected chi connectivity index (χ2v) is 16.6. The maximum Gasteiger partial charge on any atom is 0.410 e. The summed E-state index contributed by atoms with van der Waals surface area (Å²) >= 11 is 0. The van der Waals surface area contributed by atoms with Crippen molar-refractivity contribution in [3.8, 4) is 0 Å². The Balaban J connectivity index is 0.000000328. The first kappa shape index (κ1) is 48.3. The molecule has 0 aromatic rings. The van der Waals surface area contributed by atoms with E-state index < -0.39 is 76.5 Å². The van der Waals surface area contributed by atoms with Gasteiger partial charge in [0.15, 0.2) is 0 Å². The number of carbonyl (C=O) groups excluding carboxylic acids is 8. The Morgan fingerprint density at radius 3 is 1.56 bits per heavy atom. The van der Waals surface area contributed by atoms with Gasteiger partial charge < -0.3 is 35.2 Å². The van der Waals surface area contributed by atoms with Crippen molar-refractivity contribution in [2.75, 3.05) is 26.2 Å². The highest BCUT2D eigenvalue weighted by Gasteiger charge is 2.56. The van der Waals surface area contributed by atoms with Crippen molar-refractivity contribution in [2.45, 2.75) is 129 Å². The zero-order valence-electron chi connectivity index (χ0n) is 33.2. The molecule has 320 valence electrons. The highest BCUT2D eigenvalue weighted by atomic mass is 35.5. The maximum atomic E-state index is 13.0. The number of halogens is 1. The molecule has 20 nitrogen and oxygen atoms in total. The molecular weight excluding hydrogens is 776 g/mol. The minimum Gasteiger partial charge on any atom is -0.481 e. The van der Waals surface area contributed by atoms with Crippen LogP contribution in [0, 0.1) is 10.8 Å². The summed E-state index contributed by atoms with van der Waals surface area (Å²) in [5.41, 5.74) is 1.90. The Bertz CT molecular complexity index is 1610. The van der Waals surface area contributed by atoms with Gasteiger partial charge >= 0.3 is 24.1 Å². The fraction of sp³-hybridized carbons (Fsp3) is 0.722. The average Bonchev–Trinajstić information content (AvgIpc) is 3.30. The molecule has 2 unspecified atom stereocenters. The fourth-order valence-corrected chi connectivity index (χ4v) is 6.81. The van der Waals surface area contributed by atoms with Crippen molar-refractivity contribution in [2.24, 2.45) is 16.6 Å². The van der Waals surface area contributed by atoms with Crippen molar-refractivity contribution >= 4 is 72.0 Å². The summed E-state index contributed by atoms with van der Waals surface area (Å²) in [6.45, 7) is 11.6. The summed E-state index contributed by atoms with van der Waals surface area (Å²) in [5, 5.41) is 22.4. The van der Waals surface area contributed by atoms with Crippen LogP contribution in [-0.2, 0) is 47.8 Å². The minimum absolute atomic E-state index is 0. The van der Waals surface area contributed by atoms with Gasteiger partial charge in [0.05, 0.1) is 23.3 Å². The fourth-order valence-electron chi connectivity index (χ4n) is 6.81. The summed E-state index contributed by atoms with van der Waals surface area (Å²) in [7, 11) is 0. The first-order chi connectivity index (χ1) is 25.8. The van der Waals surface area contributed by atoms with Gasteiger partial charge in [0.1, 0.15) is 17.2 Å². The van der Waals surface area contributed by atoms with E-state index in [2.05, 4.69) is 10.6 Å². The van der Waals surface area contributed by atoms with Gasteiger partial charge in [0.2, 0.25) is 35.4 Å². The lowest BCUT2D eigenvalue weighted by atomic mass is 9.76. The Morgan fingerprint density at radius 1 is 0.737 bits per heavy atom. The summed E-state index contributed by atoms with van der Waals surface area (Å²) in [5.74, 6) is -4.59. The van der Waals surface area contributed by atoms with Crippen molar-refractivity contribution in [3.05, 3.63) is 0 Å². The maximum absolute atomic E-state index is 13.0. The first-order valence-electron chi connectivity index (χ1n) is 18.5. The molecule has 0 saturated carbocycles. The zero-order chi connectivity index (χ0) is 42.4. The zero-order valence-corrected chi connectivity index (χ0v) is 34.0. The topological polar surface area (TPSA) is 289 Å². The van der Waals surface area contributed by atoms with E-state index in [1.54, 1.807) is 46.4 Å². The van der Waals surface area contributed by atoms with Gasteiger partial charge in [-0.25, -0.2) is 9.59 Å². The molecule has 2 atom stereocenters. The van der Waals surface area contributed by atoms with Gasteiger partial charge in [-0.15, -0.1) is 12.4 Å². The molecule has 0 radical (unpaired) electrons. The largest absolute Gasteiger partial charge is 0.481 e. The number of carbonyl (C=O) groups is 10. The second kappa shape index (κ2) is 19.1. The molecule has 5 saturated heterocycles. The number of nitrogens with two attached hydrogens (primary N) is 1. The molecule has 5 rings (SSSR count). The SMILES string of the molecule is CC(C)(C)OC(=O)N1CCC(CC(=O)O)(C(=O)O)CC1.CC(C)(C)OC(=O)N1CCC2(CC1)CC(=O)N(C1CCC(=O)NC1=O)C2=O.Cl.NC1CCC(=O)NC1=O. The molecule has 5 heterocycles. The number of imide groups is 3. The van der Waals surface area contributed by atoms with Gasteiger partial charge in [-0.05, 0) is 80.1 Å². The van der Waals surface area contributed by atoms with Gasteiger partial charge in [-0.3, -0.25) is 53.9 Å². The molecule has 0 aromatic heterocycles. The van der Waals surface area contributed by atoms with Crippen LogP contribution in [0.5, 0.6) is 0 Å². The number of ether oxygens (including phenoxy) is 2. The number of carboxylic acids is 2. The lowest BCUT2D eigenvalue weighted by Gasteiger charge is -2.38. The molecule has 21 heteroatoms. The third-order valence-electron chi connectivity index (χ3n) is 9.92. The number of rotatable bonds is 4. The predicted molar refractivity (Wildman–Crippen MR) is 199 cm³/mol. The van der Waals surface area contributed by atoms with E-state index in [-0.39, 0.29) is 81.2 Å². The van der Waals surface area contributed by atoms with Gasteiger partial charge in [0, 0.05) is 45.4 Å². The van der Waals surface area contributed by atoms with Crippen LogP contribution in [0.15, 0.2) is 0 Å². The molecule has 5 aliphatic heterocycles. The van der Waals surface area contributed by atoms with E-state index >= 15 is 0 Å². The average molecular weight is 831 g/mol. The van der Waals surface area contributed by atoms with Crippen LogP contribution < -0.4 is 16.4 Å². The first-order valence-corrected chi connectivity index (χ1v) is 18.5. The van der Waals surface area contributed by atoms with Crippen molar-refractivity contribution in [1.29, 1.82) is 0 Å². The summed E-state index contributed by atoms with van der Waals surface area (Å²) in [6, 6.07) is -1.41. The summed E-state index contributed by atoms with van der Waals surface area (Å²) in [6.07, 6.45) is 0.717. The van der Waals surface area contributed by atoms with E-state index in [4.69, 9.17) is 20.3 Å². The number of likely N-dealkylation sites (tertiary alicyclic amines) is 3. The van der Waals surface area contributed by atoms with Crippen LogP contribution >= 0.6 is 12.4 Å². The third-order valence-corrected chi connectivity index (χ3v) is 9.92. The molecule has 1 spiro atoms. The molecule has 6 N–H and O–H groups in total. The molecule has 5 fully saturated rings. The van der Waals surface area contributed by atoms with Crippen LogP contribution in [0.25, 0.3) is 0 Å². The van der Waals surface area contributed by atoms with E-state index in [1.807, 2.05) is 0 Å².